The van der Waals surface area contributed by atoms with Gasteiger partial charge < -0.3 is 4.42 Å². The molecule has 0 aliphatic carbocycles. The third-order valence-corrected chi connectivity index (χ3v) is 4.26. The Morgan fingerprint density at radius 3 is 2.75 bits per heavy atom. The summed E-state index contributed by atoms with van der Waals surface area (Å²) in [6.45, 7) is 1.47. The topological polar surface area (TPSA) is 80.1 Å². The van der Waals surface area contributed by atoms with E-state index in [1.165, 1.54) is 13.0 Å². The summed E-state index contributed by atoms with van der Waals surface area (Å²) in [4.78, 5) is 13.4. The first kappa shape index (κ1) is 11.2. The minimum atomic E-state index is -3.68. The summed E-state index contributed by atoms with van der Waals surface area (Å²) in [5, 5.41) is -0.848. The van der Waals surface area contributed by atoms with E-state index in [2.05, 4.69) is 4.98 Å². The van der Waals surface area contributed by atoms with Crippen molar-refractivity contribution >= 4 is 30.8 Å². The van der Waals surface area contributed by atoms with Crippen LogP contribution < -0.4 is 5.76 Å². The van der Waals surface area contributed by atoms with Crippen LogP contribution >= 0.6 is 10.7 Å². The van der Waals surface area contributed by atoms with E-state index < -0.39 is 20.1 Å². The quantitative estimate of drug-likeness (QED) is 0.835. The molecule has 0 saturated heterocycles. The van der Waals surface area contributed by atoms with Gasteiger partial charge >= 0.3 is 5.76 Å². The Morgan fingerprint density at radius 1 is 1.44 bits per heavy atom. The van der Waals surface area contributed by atoms with Crippen LogP contribution in [0.15, 0.2) is 27.4 Å². The number of rotatable bonds is 2. The summed E-state index contributed by atoms with van der Waals surface area (Å²) in [5.74, 6) is -0.575. The number of nitrogens with one attached hydrogen (secondary N) is 1. The Kier molecular flexibility index (Phi) is 2.55. The zero-order chi connectivity index (χ0) is 11.9. The fourth-order valence-corrected chi connectivity index (χ4v) is 2.16. The van der Waals surface area contributed by atoms with E-state index in [1.807, 2.05) is 0 Å². The average molecular weight is 262 g/mol. The van der Waals surface area contributed by atoms with Crippen molar-refractivity contribution in [2.45, 2.75) is 12.2 Å². The molecule has 0 aliphatic heterocycles. The van der Waals surface area contributed by atoms with Crippen molar-refractivity contribution < 1.29 is 12.8 Å². The summed E-state index contributed by atoms with van der Waals surface area (Å²) in [7, 11) is 1.57. The molecule has 1 aromatic heterocycles. The molecule has 0 radical (unpaired) electrons. The Morgan fingerprint density at radius 2 is 2.12 bits per heavy atom. The van der Waals surface area contributed by atoms with Crippen molar-refractivity contribution in [2.75, 3.05) is 0 Å². The number of hydrogen-bond donors (Lipinski definition) is 1. The van der Waals surface area contributed by atoms with E-state index in [1.54, 1.807) is 12.1 Å². The third-order valence-electron chi connectivity index (χ3n) is 2.34. The highest BCUT2D eigenvalue weighted by atomic mass is 35.7. The Balaban J connectivity index is 2.59. The van der Waals surface area contributed by atoms with Gasteiger partial charge in [-0.15, -0.1) is 0 Å². The maximum atomic E-state index is 11.1. The molecule has 0 bridgehead atoms. The van der Waals surface area contributed by atoms with Crippen LogP contribution in [0.1, 0.15) is 17.7 Å². The molecule has 2 aromatic rings. The number of benzene rings is 1. The third kappa shape index (κ3) is 1.98. The number of halogens is 1. The predicted octanol–water partition coefficient (Wildman–Crippen LogP) is 1.75. The number of hydrogen-bond acceptors (Lipinski definition) is 4. The fourth-order valence-electron chi connectivity index (χ4n) is 1.38. The highest BCUT2D eigenvalue weighted by Crippen LogP contribution is 2.26. The van der Waals surface area contributed by atoms with Crippen LogP contribution in [0.4, 0.5) is 0 Å². The van der Waals surface area contributed by atoms with Gasteiger partial charge in [-0.05, 0) is 24.6 Å². The van der Waals surface area contributed by atoms with Gasteiger partial charge in [0.05, 0.1) is 10.8 Å². The number of H-pyrrole nitrogens is 1. The zero-order valence-electron chi connectivity index (χ0n) is 8.23. The highest BCUT2D eigenvalue weighted by molar-refractivity contribution is 8.13. The maximum absolute atomic E-state index is 11.1. The molecule has 7 heteroatoms. The molecule has 0 saturated carbocycles. The van der Waals surface area contributed by atoms with Gasteiger partial charge in [0, 0.05) is 10.7 Å². The van der Waals surface area contributed by atoms with Crippen molar-refractivity contribution in [3.05, 3.63) is 34.3 Å². The van der Waals surface area contributed by atoms with Gasteiger partial charge in [0.25, 0.3) is 0 Å². The zero-order valence-corrected chi connectivity index (χ0v) is 9.80. The molecule has 0 fully saturated rings. The molecule has 1 unspecified atom stereocenters. The molecule has 1 N–H and O–H groups in total. The summed E-state index contributed by atoms with van der Waals surface area (Å²) in [6, 6.07) is 4.64. The van der Waals surface area contributed by atoms with Gasteiger partial charge in [0.15, 0.2) is 5.58 Å². The first-order valence-electron chi connectivity index (χ1n) is 4.44. The number of oxazole rings is 1. The van der Waals surface area contributed by atoms with Crippen molar-refractivity contribution in [1.29, 1.82) is 0 Å². The first-order chi connectivity index (χ1) is 7.38. The van der Waals surface area contributed by atoms with Crippen molar-refractivity contribution in [2.24, 2.45) is 0 Å². The van der Waals surface area contributed by atoms with Gasteiger partial charge in [-0.2, -0.15) is 0 Å². The Hall–Kier alpha value is -1.27. The van der Waals surface area contributed by atoms with Gasteiger partial charge in [0.2, 0.25) is 9.05 Å². The van der Waals surface area contributed by atoms with Crippen molar-refractivity contribution in [1.82, 2.24) is 4.98 Å². The molecule has 5 nitrogen and oxygen atoms in total. The van der Waals surface area contributed by atoms with Gasteiger partial charge in [-0.25, -0.2) is 13.2 Å². The van der Waals surface area contributed by atoms with Crippen LogP contribution in [0.25, 0.3) is 11.1 Å². The Bertz CT molecular complexity index is 685. The number of aromatic amines is 1. The van der Waals surface area contributed by atoms with Crippen LogP contribution in [-0.4, -0.2) is 13.4 Å². The second-order valence-corrected chi connectivity index (χ2v) is 6.34. The molecule has 16 heavy (non-hydrogen) atoms. The molecular weight excluding hydrogens is 254 g/mol. The monoisotopic (exact) mass is 261 g/mol. The molecule has 1 heterocycles. The maximum Gasteiger partial charge on any atom is 0.417 e. The van der Waals surface area contributed by atoms with Gasteiger partial charge in [-0.3, -0.25) is 4.98 Å². The molecule has 0 amide bonds. The summed E-state index contributed by atoms with van der Waals surface area (Å²) in [5.41, 5.74) is 1.31. The van der Waals surface area contributed by atoms with Crippen LogP contribution in [-0.2, 0) is 9.05 Å². The van der Waals surface area contributed by atoms with Crippen LogP contribution in [0.5, 0.6) is 0 Å². The number of aromatic nitrogens is 1. The second kappa shape index (κ2) is 3.64. The van der Waals surface area contributed by atoms with Crippen molar-refractivity contribution in [3.63, 3.8) is 0 Å². The van der Waals surface area contributed by atoms with E-state index in [0.29, 0.717) is 16.7 Å². The van der Waals surface area contributed by atoms with Crippen LogP contribution in [0.2, 0.25) is 0 Å². The van der Waals surface area contributed by atoms with E-state index in [-0.39, 0.29) is 0 Å². The Labute approximate surface area is 95.5 Å². The summed E-state index contributed by atoms with van der Waals surface area (Å²) >= 11 is 0. The lowest BCUT2D eigenvalue weighted by molar-refractivity contribution is 0.555. The summed E-state index contributed by atoms with van der Waals surface area (Å²) < 4.78 is 27.1. The molecule has 1 atom stereocenters. The van der Waals surface area contributed by atoms with E-state index in [0.717, 1.165) is 0 Å². The van der Waals surface area contributed by atoms with E-state index in [9.17, 15) is 13.2 Å². The average Bonchev–Trinajstić information content (AvgIpc) is 2.54. The molecule has 1 aromatic carbocycles. The molecule has 86 valence electrons. The van der Waals surface area contributed by atoms with Gasteiger partial charge in [-0.1, -0.05) is 6.07 Å². The normalized spacial score (nSPS) is 14.1. The molecule has 0 spiro atoms. The van der Waals surface area contributed by atoms with Gasteiger partial charge in [0.1, 0.15) is 0 Å². The SMILES string of the molecule is CC(c1ccc2[nH]c(=O)oc2c1)S(=O)(=O)Cl. The van der Waals surface area contributed by atoms with Crippen LogP contribution in [0.3, 0.4) is 0 Å². The molecular formula is C9H8ClNO4S. The fraction of sp³-hybridized carbons (Fsp3) is 0.222. The van der Waals surface area contributed by atoms with Crippen molar-refractivity contribution in [3.8, 4) is 0 Å². The summed E-state index contributed by atoms with van der Waals surface area (Å²) in [6.07, 6.45) is 0. The number of fused-ring (bicyclic) bond motifs is 1. The standard InChI is InChI=1S/C9H8ClNO4S/c1-5(16(10,13)14)6-2-3-7-8(4-6)15-9(12)11-7/h2-5H,1H3,(H,11,12). The lowest BCUT2D eigenvalue weighted by atomic mass is 10.1. The minimum absolute atomic E-state index is 0.315. The van der Waals surface area contributed by atoms with E-state index >= 15 is 0 Å². The predicted molar refractivity (Wildman–Crippen MR) is 60.0 cm³/mol. The smallest absolute Gasteiger partial charge is 0.408 e. The van der Waals surface area contributed by atoms with E-state index in [4.69, 9.17) is 15.1 Å². The lowest BCUT2D eigenvalue weighted by Gasteiger charge is -2.06. The minimum Gasteiger partial charge on any atom is -0.408 e. The lowest BCUT2D eigenvalue weighted by Crippen LogP contribution is -2.02. The highest BCUT2D eigenvalue weighted by Gasteiger charge is 2.20. The van der Waals surface area contributed by atoms with Crippen LogP contribution in [0, 0.1) is 0 Å². The largest absolute Gasteiger partial charge is 0.417 e. The molecule has 2 rings (SSSR count). The first-order valence-corrected chi connectivity index (χ1v) is 6.81. The molecule has 0 aliphatic rings. The second-order valence-electron chi connectivity index (χ2n) is 3.39.